The summed E-state index contributed by atoms with van der Waals surface area (Å²) in [6.45, 7) is 2.34. The number of fused-ring (bicyclic) bond motifs is 1. The Kier molecular flexibility index (Phi) is 3.77. The molecule has 2 aromatic rings. The Morgan fingerprint density at radius 3 is 2.64 bits per heavy atom. The lowest BCUT2D eigenvalue weighted by Crippen LogP contribution is -2.24. The van der Waals surface area contributed by atoms with Crippen LogP contribution in [0, 0.1) is 0 Å². The number of rotatable bonds is 3. The van der Waals surface area contributed by atoms with Gasteiger partial charge in [0.15, 0.2) is 0 Å². The van der Waals surface area contributed by atoms with Crippen LogP contribution in [0.5, 0.6) is 5.75 Å². The molecule has 0 saturated carbocycles. The van der Waals surface area contributed by atoms with Crippen LogP contribution in [0.15, 0.2) is 54.6 Å². The van der Waals surface area contributed by atoms with Gasteiger partial charge in [-0.25, -0.2) is 0 Å². The summed E-state index contributed by atoms with van der Waals surface area (Å²) in [7, 11) is 1.27. The first-order valence-corrected chi connectivity index (χ1v) is 9.15. The quantitative estimate of drug-likeness (QED) is 0.805. The topological polar surface area (TPSA) is 15.7 Å². The molecule has 0 radical (unpaired) electrons. The zero-order valence-electron chi connectivity index (χ0n) is 12.9. The molecule has 2 aliphatic heterocycles. The van der Waals surface area contributed by atoms with Crippen molar-refractivity contribution in [1.82, 2.24) is 4.67 Å². The Morgan fingerprint density at radius 2 is 1.82 bits per heavy atom. The lowest BCUT2D eigenvalue weighted by Gasteiger charge is -2.31. The van der Waals surface area contributed by atoms with Crippen molar-refractivity contribution in [3.63, 3.8) is 0 Å². The smallest absolute Gasteiger partial charge is 0.129 e. The molecule has 2 heterocycles. The normalized spacial score (nSPS) is 24.5. The van der Waals surface area contributed by atoms with Gasteiger partial charge in [-0.3, -0.25) is 4.67 Å². The molecule has 0 bridgehead atoms. The number of methoxy groups -OCH3 is 1. The molecule has 2 fully saturated rings. The lowest BCUT2D eigenvalue weighted by atomic mass is 10.2. The molecule has 0 aliphatic carbocycles. The fourth-order valence-electron chi connectivity index (χ4n) is 3.55. The lowest BCUT2D eigenvalue weighted by molar-refractivity contribution is 0.417. The molecule has 22 heavy (non-hydrogen) atoms. The van der Waals surface area contributed by atoms with Crippen LogP contribution in [0.2, 0.25) is 0 Å². The maximum Gasteiger partial charge on any atom is 0.129 e. The van der Waals surface area contributed by atoms with Crippen molar-refractivity contribution in [2.45, 2.75) is 18.9 Å². The van der Waals surface area contributed by atoms with Gasteiger partial charge in [0.2, 0.25) is 0 Å². The molecular weight excluding hydrogens is 291 g/mol. The summed E-state index contributed by atoms with van der Waals surface area (Å²) in [5.74, 6) is 1.02. The summed E-state index contributed by atoms with van der Waals surface area (Å²) in [5.41, 5.74) is 1.33. The molecular formula is C18H21N2OP. The van der Waals surface area contributed by atoms with E-state index in [1.807, 2.05) is 0 Å². The molecule has 2 saturated heterocycles. The molecule has 0 spiro atoms. The van der Waals surface area contributed by atoms with Crippen LogP contribution in [0.3, 0.4) is 0 Å². The second-order valence-electron chi connectivity index (χ2n) is 5.84. The molecule has 2 aromatic carbocycles. The van der Waals surface area contributed by atoms with Crippen molar-refractivity contribution in [3.8, 4) is 5.75 Å². The minimum Gasteiger partial charge on any atom is -0.496 e. The molecule has 0 amide bonds. The van der Waals surface area contributed by atoms with Crippen molar-refractivity contribution in [2.75, 3.05) is 24.9 Å². The molecule has 4 rings (SSSR count). The molecule has 0 aromatic heterocycles. The first kappa shape index (κ1) is 14.0. The average Bonchev–Trinajstić information content (AvgIpc) is 3.16. The third kappa shape index (κ3) is 2.29. The Labute approximate surface area is 133 Å². The molecule has 0 N–H and O–H groups in total. The third-order valence-corrected chi connectivity index (χ3v) is 7.22. The van der Waals surface area contributed by atoms with E-state index in [9.17, 15) is 0 Å². The number of benzene rings is 2. The van der Waals surface area contributed by atoms with Gasteiger partial charge in [0, 0.05) is 24.8 Å². The van der Waals surface area contributed by atoms with E-state index in [1.54, 1.807) is 7.11 Å². The van der Waals surface area contributed by atoms with Crippen molar-refractivity contribution in [2.24, 2.45) is 0 Å². The van der Waals surface area contributed by atoms with Crippen LogP contribution in [-0.4, -0.2) is 30.9 Å². The van der Waals surface area contributed by atoms with Gasteiger partial charge in [0.25, 0.3) is 0 Å². The summed E-state index contributed by atoms with van der Waals surface area (Å²) in [6.07, 6.45) is 2.64. The molecule has 2 atom stereocenters. The van der Waals surface area contributed by atoms with Crippen LogP contribution < -0.4 is 14.7 Å². The highest BCUT2D eigenvalue weighted by Crippen LogP contribution is 2.56. The number of hydrogen-bond acceptors (Lipinski definition) is 3. The zero-order chi connectivity index (χ0) is 14.9. The predicted molar refractivity (Wildman–Crippen MR) is 93.1 cm³/mol. The van der Waals surface area contributed by atoms with E-state index >= 15 is 0 Å². The van der Waals surface area contributed by atoms with E-state index in [4.69, 9.17) is 4.74 Å². The first-order valence-electron chi connectivity index (χ1n) is 7.90. The van der Waals surface area contributed by atoms with Gasteiger partial charge in [0.05, 0.1) is 12.4 Å². The van der Waals surface area contributed by atoms with Crippen LogP contribution in [0.25, 0.3) is 0 Å². The highest BCUT2D eigenvalue weighted by molar-refractivity contribution is 7.65. The van der Waals surface area contributed by atoms with Gasteiger partial charge in [-0.1, -0.05) is 30.3 Å². The number of anilines is 1. The predicted octanol–water partition coefficient (Wildman–Crippen LogP) is 3.62. The molecule has 2 unspecified atom stereocenters. The van der Waals surface area contributed by atoms with E-state index < -0.39 is 8.22 Å². The Balaban J connectivity index is 1.78. The standard InChI is InChI=1S/C18H21N2OP/c1-21-17-11-5-6-12-18(17)22-19-13-7-10-16(19)14-20(22)15-8-3-2-4-9-15/h2-6,8-9,11-12,16H,7,10,13-14H2,1H3. The van der Waals surface area contributed by atoms with Crippen LogP contribution in [0.1, 0.15) is 12.8 Å². The van der Waals surface area contributed by atoms with E-state index in [-0.39, 0.29) is 0 Å². The van der Waals surface area contributed by atoms with Gasteiger partial charge in [-0.2, -0.15) is 0 Å². The van der Waals surface area contributed by atoms with Gasteiger partial charge in [-0.15, -0.1) is 0 Å². The second kappa shape index (κ2) is 5.91. The van der Waals surface area contributed by atoms with Crippen LogP contribution in [-0.2, 0) is 0 Å². The molecule has 2 aliphatic rings. The minimum atomic E-state index is -0.505. The highest BCUT2D eigenvalue weighted by Gasteiger charge is 2.44. The average molecular weight is 312 g/mol. The molecule has 114 valence electrons. The van der Waals surface area contributed by atoms with Crippen LogP contribution in [0.4, 0.5) is 5.69 Å². The number of para-hydroxylation sites is 2. The van der Waals surface area contributed by atoms with Crippen molar-refractivity contribution < 1.29 is 4.74 Å². The summed E-state index contributed by atoms with van der Waals surface area (Å²) >= 11 is 0. The summed E-state index contributed by atoms with van der Waals surface area (Å²) in [5, 5.41) is 1.34. The van der Waals surface area contributed by atoms with Gasteiger partial charge in [-0.05, 0) is 37.1 Å². The number of ether oxygens (including phenoxy) is 1. The Bertz CT molecular complexity index is 649. The second-order valence-corrected chi connectivity index (χ2v) is 7.90. The van der Waals surface area contributed by atoms with Crippen molar-refractivity contribution in [3.05, 3.63) is 54.6 Å². The Hall–Kier alpha value is -1.57. The SMILES string of the molecule is COc1ccccc1P1N(c2ccccc2)CC2CCCN21. The zero-order valence-corrected chi connectivity index (χ0v) is 13.7. The van der Waals surface area contributed by atoms with Gasteiger partial charge < -0.3 is 9.41 Å². The van der Waals surface area contributed by atoms with Crippen molar-refractivity contribution >= 4 is 19.2 Å². The van der Waals surface area contributed by atoms with E-state index in [0.29, 0.717) is 6.04 Å². The molecule has 3 nitrogen and oxygen atoms in total. The number of nitrogens with zero attached hydrogens (tertiary/aromatic N) is 2. The van der Waals surface area contributed by atoms with E-state index in [1.165, 1.54) is 30.4 Å². The largest absolute Gasteiger partial charge is 0.496 e. The number of hydrogen-bond donors (Lipinski definition) is 0. The first-order chi connectivity index (χ1) is 10.9. The van der Waals surface area contributed by atoms with Gasteiger partial charge in [0.1, 0.15) is 14.0 Å². The molecule has 4 heteroatoms. The maximum absolute atomic E-state index is 5.65. The Morgan fingerprint density at radius 1 is 1.05 bits per heavy atom. The van der Waals surface area contributed by atoms with E-state index in [0.717, 1.165) is 12.3 Å². The maximum atomic E-state index is 5.65. The monoisotopic (exact) mass is 312 g/mol. The fraction of sp³-hybridized carbons (Fsp3) is 0.333. The summed E-state index contributed by atoms with van der Waals surface area (Å²) in [6, 6.07) is 20.0. The van der Waals surface area contributed by atoms with Crippen LogP contribution >= 0.6 is 8.22 Å². The van der Waals surface area contributed by atoms with E-state index in [2.05, 4.69) is 63.9 Å². The minimum absolute atomic E-state index is 0.505. The summed E-state index contributed by atoms with van der Waals surface area (Å²) in [4.78, 5) is 0. The summed E-state index contributed by atoms with van der Waals surface area (Å²) < 4.78 is 11.0. The highest BCUT2D eigenvalue weighted by atomic mass is 31.1. The third-order valence-electron chi connectivity index (χ3n) is 4.56. The van der Waals surface area contributed by atoms with Crippen molar-refractivity contribution in [1.29, 1.82) is 0 Å². The fourth-order valence-corrected chi connectivity index (χ4v) is 6.47. The van der Waals surface area contributed by atoms with Gasteiger partial charge >= 0.3 is 0 Å².